The molecule has 1 amide bonds. The minimum atomic E-state index is -0.592. The predicted octanol–water partition coefficient (Wildman–Crippen LogP) is 3.66. The summed E-state index contributed by atoms with van der Waals surface area (Å²) in [5.74, 6) is -0.779. The Balaban J connectivity index is 1.51. The minimum Gasteiger partial charge on any atom is -0.381 e. The number of hydrogen-bond acceptors (Lipinski definition) is 7. The van der Waals surface area contributed by atoms with Crippen molar-refractivity contribution < 1.29 is 18.3 Å². The zero-order chi connectivity index (χ0) is 23.7. The molecular weight excluding hydrogens is 444 g/mol. The zero-order valence-corrected chi connectivity index (χ0v) is 18.6. The number of halogens is 2. The van der Waals surface area contributed by atoms with Gasteiger partial charge in [-0.15, -0.1) is 0 Å². The van der Waals surface area contributed by atoms with E-state index in [1.54, 1.807) is 6.20 Å². The van der Waals surface area contributed by atoms with Gasteiger partial charge >= 0.3 is 0 Å². The number of carbonyl (C=O) groups is 1. The largest absolute Gasteiger partial charge is 0.381 e. The molecular formula is C23H27F2N7O2. The second kappa shape index (κ2) is 9.49. The van der Waals surface area contributed by atoms with E-state index in [9.17, 15) is 13.6 Å². The number of fused-ring (bicyclic) bond motifs is 1. The normalized spacial score (nSPS) is 21.5. The number of anilines is 3. The summed E-state index contributed by atoms with van der Waals surface area (Å²) in [7, 11) is 0. The highest BCUT2D eigenvalue weighted by Crippen LogP contribution is 2.37. The highest BCUT2D eigenvalue weighted by atomic mass is 19.1. The molecule has 1 aliphatic heterocycles. The molecule has 2 fully saturated rings. The van der Waals surface area contributed by atoms with Gasteiger partial charge in [-0.1, -0.05) is 0 Å². The molecule has 1 aromatic carbocycles. The number of nitrogens with two attached hydrogens (primary N) is 1. The van der Waals surface area contributed by atoms with E-state index in [1.807, 2.05) is 4.57 Å². The summed E-state index contributed by atoms with van der Waals surface area (Å²) in [5, 5.41) is 6.31. The number of ether oxygens (including phenoxy) is 1. The first kappa shape index (κ1) is 22.5. The zero-order valence-electron chi connectivity index (χ0n) is 18.6. The average molecular weight is 472 g/mol. The Bertz CT molecular complexity index is 1190. The molecule has 34 heavy (non-hydrogen) atoms. The third-order valence-corrected chi connectivity index (χ3v) is 6.63. The van der Waals surface area contributed by atoms with Crippen molar-refractivity contribution in [2.24, 2.45) is 11.7 Å². The molecule has 3 heterocycles. The summed E-state index contributed by atoms with van der Waals surface area (Å²) in [4.78, 5) is 25.4. The summed E-state index contributed by atoms with van der Waals surface area (Å²) >= 11 is 0. The number of amides is 1. The quantitative estimate of drug-likeness (QED) is 0.502. The van der Waals surface area contributed by atoms with Gasteiger partial charge in [0.25, 0.3) is 0 Å². The van der Waals surface area contributed by atoms with E-state index in [2.05, 4.69) is 20.6 Å². The number of carbonyl (C=O) groups excluding carboxylic acids is 1. The molecule has 11 heteroatoms. The fourth-order valence-electron chi connectivity index (χ4n) is 4.75. The van der Waals surface area contributed by atoms with Crippen LogP contribution in [-0.4, -0.2) is 44.7 Å². The number of nitrogens with zero attached hydrogens (tertiary/aromatic N) is 4. The molecule has 1 saturated carbocycles. The molecule has 1 aliphatic carbocycles. The number of rotatable bonds is 6. The van der Waals surface area contributed by atoms with Gasteiger partial charge in [0.05, 0.1) is 11.9 Å². The molecule has 180 valence electrons. The van der Waals surface area contributed by atoms with Crippen LogP contribution in [0.4, 0.5) is 26.4 Å². The summed E-state index contributed by atoms with van der Waals surface area (Å²) in [6.45, 7) is 1.38. The average Bonchev–Trinajstić information content (AvgIpc) is 3.19. The van der Waals surface area contributed by atoms with Crippen LogP contribution in [0.3, 0.4) is 0 Å². The van der Waals surface area contributed by atoms with Crippen molar-refractivity contribution in [1.29, 1.82) is 0 Å². The van der Waals surface area contributed by atoms with Crippen LogP contribution < -0.4 is 16.4 Å². The number of primary amides is 1. The maximum atomic E-state index is 14.4. The van der Waals surface area contributed by atoms with Gasteiger partial charge in [0.2, 0.25) is 17.8 Å². The van der Waals surface area contributed by atoms with Gasteiger partial charge in [-0.05, 0) is 50.7 Å². The van der Waals surface area contributed by atoms with E-state index in [-0.39, 0.29) is 29.6 Å². The van der Waals surface area contributed by atoms with E-state index in [4.69, 9.17) is 15.5 Å². The van der Waals surface area contributed by atoms with Gasteiger partial charge in [0.15, 0.2) is 5.65 Å². The summed E-state index contributed by atoms with van der Waals surface area (Å²) in [6.07, 6.45) is 6.02. The summed E-state index contributed by atoms with van der Waals surface area (Å²) in [5.41, 5.74) is 6.62. The lowest BCUT2D eigenvalue weighted by Gasteiger charge is -2.29. The molecule has 4 N–H and O–H groups in total. The van der Waals surface area contributed by atoms with Crippen molar-refractivity contribution in [2.75, 3.05) is 23.8 Å². The highest BCUT2D eigenvalue weighted by Gasteiger charge is 2.29. The van der Waals surface area contributed by atoms with Gasteiger partial charge < -0.3 is 21.1 Å². The van der Waals surface area contributed by atoms with Crippen LogP contribution >= 0.6 is 0 Å². The van der Waals surface area contributed by atoms with Gasteiger partial charge in [-0.3, -0.25) is 9.36 Å². The number of nitrogens with one attached hydrogen (secondary N) is 2. The maximum absolute atomic E-state index is 14.4. The van der Waals surface area contributed by atoms with E-state index in [0.717, 1.165) is 31.0 Å². The molecule has 3 aromatic rings. The Morgan fingerprint density at radius 2 is 1.85 bits per heavy atom. The lowest BCUT2D eigenvalue weighted by molar-refractivity contribution is -0.122. The van der Waals surface area contributed by atoms with E-state index in [0.29, 0.717) is 62.0 Å². The summed E-state index contributed by atoms with van der Waals surface area (Å²) < 4.78 is 35.5. The van der Waals surface area contributed by atoms with E-state index < -0.39 is 11.6 Å². The third-order valence-electron chi connectivity index (χ3n) is 6.63. The first-order valence-corrected chi connectivity index (χ1v) is 11.6. The maximum Gasteiger partial charge on any atom is 0.224 e. The minimum absolute atomic E-state index is 0.0177. The molecule has 0 atom stereocenters. The Morgan fingerprint density at radius 1 is 1.09 bits per heavy atom. The standard InChI is InChI=1S/C23H27F2N7O2/c24-14-3-6-17(25)18(11-14)29-23-30-19-12-27-22(28-15-7-9-34-10-8-15)31-21(19)32(23)16-4-1-13(2-5-16)20(26)33/h3,6,11-13,15-16H,1-2,4-5,7-10H2,(H2,26,33)(H,29,30)(H,27,28,31). The third kappa shape index (κ3) is 4.65. The smallest absolute Gasteiger partial charge is 0.224 e. The molecule has 5 rings (SSSR count). The van der Waals surface area contributed by atoms with Gasteiger partial charge in [-0.25, -0.2) is 18.7 Å². The Hall–Kier alpha value is -3.34. The van der Waals surface area contributed by atoms with Crippen LogP contribution in [0.1, 0.15) is 44.6 Å². The highest BCUT2D eigenvalue weighted by molar-refractivity contribution is 5.78. The fraction of sp³-hybridized carbons (Fsp3) is 0.478. The lowest BCUT2D eigenvalue weighted by Crippen LogP contribution is -2.29. The van der Waals surface area contributed by atoms with Crippen molar-refractivity contribution in [2.45, 2.75) is 50.6 Å². The van der Waals surface area contributed by atoms with E-state index >= 15 is 0 Å². The number of hydrogen-bond donors (Lipinski definition) is 3. The number of benzene rings is 1. The second-order valence-electron chi connectivity index (χ2n) is 8.90. The molecule has 0 bridgehead atoms. The molecule has 2 aliphatic rings. The van der Waals surface area contributed by atoms with Crippen molar-refractivity contribution in [1.82, 2.24) is 19.5 Å². The van der Waals surface area contributed by atoms with Gasteiger partial charge in [0, 0.05) is 37.3 Å². The fourth-order valence-corrected chi connectivity index (χ4v) is 4.75. The second-order valence-corrected chi connectivity index (χ2v) is 8.90. The van der Waals surface area contributed by atoms with Crippen LogP contribution in [0, 0.1) is 17.6 Å². The van der Waals surface area contributed by atoms with Gasteiger partial charge in [-0.2, -0.15) is 4.98 Å². The van der Waals surface area contributed by atoms with Crippen LogP contribution in [-0.2, 0) is 9.53 Å². The Morgan fingerprint density at radius 3 is 2.59 bits per heavy atom. The van der Waals surface area contributed by atoms with E-state index in [1.165, 1.54) is 0 Å². The molecule has 9 nitrogen and oxygen atoms in total. The first-order valence-electron chi connectivity index (χ1n) is 11.6. The molecule has 0 radical (unpaired) electrons. The van der Waals surface area contributed by atoms with Crippen LogP contribution in [0.5, 0.6) is 0 Å². The monoisotopic (exact) mass is 471 g/mol. The summed E-state index contributed by atoms with van der Waals surface area (Å²) in [6, 6.07) is 3.40. The van der Waals surface area contributed by atoms with Crippen molar-refractivity contribution in [3.8, 4) is 0 Å². The lowest BCUT2D eigenvalue weighted by atomic mass is 9.85. The van der Waals surface area contributed by atoms with Crippen LogP contribution in [0.25, 0.3) is 11.2 Å². The topological polar surface area (TPSA) is 120 Å². The molecule has 1 saturated heterocycles. The van der Waals surface area contributed by atoms with Crippen molar-refractivity contribution in [3.63, 3.8) is 0 Å². The Kier molecular flexibility index (Phi) is 6.27. The van der Waals surface area contributed by atoms with Gasteiger partial charge in [0.1, 0.15) is 17.2 Å². The molecule has 2 aromatic heterocycles. The number of imidazole rings is 1. The van der Waals surface area contributed by atoms with Crippen LogP contribution in [0.15, 0.2) is 24.4 Å². The number of aromatic nitrogens is 4. The van der Waals surface area contributed by atoms with Crippen LogP contribution in [0.2, 0.25) is 0 Å². The SMILES string of the molecule is NC(=O)C1CCC(n2c(Nc3cc(F)ccc3F)nc3cnc(NC4CCOCC4)nc32)CC1. The van der Waals surface area contributed by atoms with Crippen molar-refractivity contribution in [3.05, 3.63) is 36.0 Å². The molecule has 0 unspecified atom stereocenters. The first-order chi connectivity index (χ1) is 16.5. The Labute approximate surface area is 195 Å². The molecule has 0 spiro atoms. The predicted molar refractivity (Wildman–Crippen MR) is 123 cm³/mol. The van der Waals surface area contributed by atoms with Crippen molar-refractivity contribution >= 4 is 34.7 Å².